The monoisotopic (exact) mass is 397 g/mol. The van der Waals surface area contributed by atoms with E-state index in [2.05, 4.69) is 9.72 Å². The van der Waals surface area contributed by atoms with Crippen molar-refractivity contribution in [1.82, 2.24) is 4.98 Å². The third-order valence-electron chi connectivity index (χ3n) is 3.80. The molecule has 0 spiro atoms. The third-order valence-corrected chi connectivity index (χ3v) is 3.80. The molecular weight excluding hydrogens is 377 g/mol. The van der Waals surface area contributed by atoms with Gasteiger partial charge in [-0.2, -0.15) is 13.2 Å². The van der Waals surface area contributed by atoms with Crippen LogP contribution in [0.5, 0.6) is 0 Å². The van der Waals surface area contributed by atoms with Crippen LogP contribution in [0.2, 0.25) is 0 Å². The summed E-state index contributed by atoms with van der Waals surface area (Å²) in [6.45, 7) is 5.33. The van der Waals surface area contributed by atoms with Crippen LogP contribution in [-0.4, -0.2) is 30.1 Å². The smallest absolute Gasteiger partial charge is 0.434 e. The van der Waals surface area contributed by atoms with E-state index in [9.17, 15) is 31.5 Å². The second-order valence-electron chi connectivity index (χ2n) is 5.56. The summed E-state index contributed by atoms with van der Waals surface area (Å²) in [5.41, 5.74) is -5.53. The molecule has 0 saturated heterocycles. The Kier molecular flexibility index (Phi) is 7.67. The van der Waals surface area contributed by atoms with Gasteiger partial charge in [-0.05, 0) is 31.7 Å². The van der Waals surface area contributed by atoms with Crippen LogP contribution in [-0.2, 0) is 15.7 Å². The highest BCUT2D eigenvalue weighted by Crippen LogP contribution is 2.40. The Labute approximate surface area is 152 Å². The SMILES string of the molecule is CCOC(=O)c1c(C(F)F)nc(C(F)(F)F)c(C(=O)OCC)c1C(C)CC. The number of nitrogens with zero attached hydrogens (tertiary/aromatic N) is 1. The van der Waals surface area contributed by atoms with E-state index in [1.807, 2.05) is 0 Å². The molecule has 152 valence electrons. The molecule has 0 aliphatic rings. The highest BCUT2D eigenvalue weighted by atomic mass is 19.4. The minimum Gasteiger partial charge on any atom is -0.462 e. The molecule has 0 aromatic carbocycles. The molecule has 10 heteroatoms. The van der Waals surface area contributed by atoms with Crippen molar-refractivity contribution < 1.29 is 41.0 Å². The fourth-order valence-electron chi connectivity index (χ4n) is 2.51. The van der Waals surface area contributed by atoms with Gasteiger partial charge in [0.15, 0.2) is 5.69 Å². The standard InChI is InChI=1S/C17H20F5NO4/c1-5-8(4)9-10(15(24)26-6-2)12(14(18)19)23-13(17(20,21)22)11(9)16(25)27-7-3/h8,14H,5-7H2,1-4H3. The van der Waals surface area contributed by atoms with E-state index in [0.717, 1.165) is 0 Å². The zero-order valence-electron chi connectivity index (χ0n) is 15.2. The molecule has 0 saturated carbocycles. The maximum Gasteiger partial charge on any atom is 0.434 e. The summed E-state index contributed by atoms with van der Waals surface area (Å²) >= 11 is 0. The van der Waals surface area contributed by atoms with Crippen molar-refractivity contribution in [2.45, 2.75) is 52.6 Å². The molecule has 0 radical (unpaired) electrons. The minimum absolute atomic E-state index is 0.169. The first-order valence-electron chi connectivity index (χ1n) is 8.28. The predicted molar refractivity (Wildman–Crippen MR) is 84.8 cm³/mol. The molecule has 1 aromatic heterocycles. The van der Waals surface area contributed by atoms with Gasteiger partial charge in [0.25, 0.3) is 6.43 Å². The van der Waals surface area contributed by atoms with Crippen molar-refractivity contribution >= 4 is 11.9 Å². The summed E-state index contributed by atoms with van der Waals surface area (Å²) in [5.74, 6) is -3.50. The Hall–Kier alpha value is -2.26. The van der Waals surface area contributed by atoms with Gasteiger partial charge in [0, 0.05) is 0 Å². The first-order valence-corrected chi connectivity index (χ1v) is 8.28. The summed E-state index contributed by atoms with van der Waals surface area (Å²) in [5, 5.41) is 0. The van der Waals surface area contributed by atoms with Crippen LogP contribution in [0.1, 0.15) is 84.1 Å². The van der Waals surface area contributed by atoms with Crippen molar-refractivity contribution in [1.29, 1.82) is 0 Å². The number of rotatable bonds is 7. The van der Waals surface area contributed by atoms with Crippen molar-refractivity contribution in [3.63, 3.8) is 0 Å². The Morgan fingerprint density at radius 3 is 1.85 bits per heavy atom. The van der Waals surface area contributed by atoms with E-state index in [4.69, 9.17) is 4.74 Å². The number of esters is 2. The van der Waals surface area contributed by atoms with Crippen LogP contribution in [0.3, 0.4) is 0 Å². The quantitative estimate of drug-likeness (QED) is 0.483. The lowest BCUT2D eigenvalue weighted by molar-refractivity contribution is -0.142. The largest absolute Gasteiger partial charge is 0.462 e. The molecule has 0 amide bonds. The first kappa shape index (κ1) is 22.8. The molecule has 27 heavy (non-hydrogen) atoms. The van der Waals surface area contributed by atoms with E-state index >= 15 is 0 Å². The molecule has 0 bridgehead atoms. The Balaban J connectivity index is 4.08. The van der Waals surface area contributed by atoms with Crippen LogP contribution < -0.4 is 0 Å². The number of carbonyl (C=O) groups is 2. The molecular formula is C17H20F5NO4. The van der Waals surface area contributed by atoms with Crippen LogP contribution in [0.25, 0.3) is 0 Å². The van der Waals surface area contributed by atoms with Crippen LogP contribution >= 0.6 is 0 Å². The molecule has 0 fully saturated rings. The van der Waals surface area contributed by atoms with Gasteiger partial charge in [0.05, 0.1) is 24.3 Å². The van der Waals surface area contributed by atoms with Gasteiger partial charge < -0.3 is 9.47 Å². The number of pyridine rings is 1. The number of hydrogen-bond donors (Lipinski definition) is 0. The lowest BCUT2D eigenvalue weighted by Crippen LogP contribution is -2.26. The molecule has 1 aromatic rings. The highest BCUT2D eigenvalue weighted by molar-refractivity contribution is 6.00. The fourth-order valence-corrected chi connectivity index (χ4v) is 2.51. The lowest BCUT2D eigenvalue weighted by atomic mass is 9.87. The maximum absolute atomic E-state index is 13.5. The van der Waals surface area contributed by atoms with Gasteiger partial charge >= 0.3 is 18.1 Å². The number of ether oxygens (including phenoxy) is 2. The van der Waals surface area contributed by atoms with Gasteiger partial charge in [0.2, 0.25) is 0 Å². The molecule has 1 rings (SSSR count). The highest BCUT2D eigenvalue weighted by Gasteiger charge is 2.44. The molecule has 1 heterocycles. The average Bonchev–Trinajstić information content (AvgIpc) is 2.58. The van der Waals surface area contributed by atoms with Crippen LogP contribution in [0.4, 0.5) is 22.0 Å². The summed E-state index contributed by atoms with van der Waals surface area (Å²) in [6.07, 6.45) is -8.52. The van der Waals surface area contributed by atoms with Gasteiger partial charge in [-0.25, -0.2) is 23.4 Å². The van der Waals surface area contributed by atoms with Crippen LogP contribution in [0.15, 0.2) is 0 Å². The zero-order chi connectivity index (χ0) is 20.9. The number of alkyl halides is 5. The van der Waals surface area contributed by atoms with Gasteiger partial charge in [-0.15, -0.1) is 0 Å². The average molecular weight is 397 g/mol. The second-order valence-corrected chi connectivity index (χ2v) is 5.56. The summed E-state index contributed by atoms with van der Waals surface area (Å²) in [4.78, 5) is 27.5. The van der Waals surface area contributed by atoms with Crippen molar-refractivity contribution in [2.24, 2.45) is 0 Å². The number of hydrogen-bond acceptors (Lipinski definition) is 5. The summed E-state index contributed by atoms with van der Waals surface area (Å²) < 4.78 is 76.8. The number of aromatic nitrogens is 1. The normalized spacial score (nSPS) is 12.8. The van der Waals surface area contributed by atoms with Gasteiger partial charge in [0.1, 0.15) is 5.69 Å². The van der Waals surface area contributed by atoms with E-state index < -0.39 is 58.5 Å². The first-order chi connectivity index (χ1) is 12.5. The topological polar surface area (TPSA) is 65.5 Å². The summed E-state index contributed by atoms with van der Waals surface area (Å²) in [7, 11) is 0. The van der Waals surface area contributed by atoms with Gasteiger partial charge in [-0.1, -0.05) is 13.8 Å². The fraction of sp³-hybridized carbons (Fsp3) is 0.588. The summed E-state index contributed by atoms with van der Waals surface area (Å²) in [6, 6.07) is 0. The van der Waals surface area contributed by atoms with Crippen molar-refractivity contribution in [3.8, 4) is 0 Å². The van der Waals surface area contributed by atoms with E-state index in [0.29, 0.717) is 0 Å². The van der Waals surface area contributed by atoms with E-state index in [1.54, 1.807) is 6.92 Å². The van der Waals surface area contributed by atoms with E-state index in [-0.39, 0.29) is 19.6 Å². The van der Waals surface area contributed by atoms with Crippen molar-refractivity contribution in [2.75, 3.05) is 13.2 Å². The molecule has 1 atom stereocenters. The number of carbonyl (C=O) groups excluding carboxylic acids is 2. The predicted octanol–water partition coefficient (Wildman–Crippen LogP) is 4.90. The molecule has 0 aliphatic heterocycles. The Bertz CT molecular complexity index is 704. The molecule has 1 unspecified atom stereocenters. The third kappa shape index (κ3) is 4.92. The van der Waals surface area contributed by atoms with E-state index in [1.165, 1.54) is 20.8 Å². The number of halogens is 5. The van der Waals surface area contributed by atoms with Crippen molar-refractivity contribution in [3.05, 3.63) is 28.1 Å². The maximum atomic E-state index is 13.5. The second kappa shape index (κ2) is 9.09. The Morgan fingerprint density at radius 1 is 1.00 bits per heavy atom. The van der Waals surface area contributed by atoms with Gasteiger partial charge in [-0.3, -0.25) is 0 Å². The minimum atomic E-state index is -5.21. The molecule has 5 nitrogen and oxygen atoms in total. The molecule has 0 N–H and O–H groups in total. The zero-order valence-corrected chi connectivity index (χ0v) is 15.2. The Morgan fingerprint density at radius 2 is 1.48 bits per heavy atom. The van der Waals surface area contributed by atoms with Crippen LogP contribution in [0, 0.1) is 0 Å². The lowest BCUT2D eigenvalue weighted by Gasteiger charge is -2.23. The molecule has 0 aliphatic carbocycles.